The molecule has 0 saturated heterocycles. The Morgan fingerprint density at radius 2 is 2.00 bits per heavy atom. The van der Waals surface area contributed by atoms with E-state index in [1.807, 2.05) is 11.3 Å². The first kappa shape index (κ1) is 13.3. The number of nitrogens with zero attached hydrogens (tertiary/aromatic N) is 1. The number of nitrogens with two attached hydrogens (primary N) is 1. The molecular formula is C15H17BrN2S. The molecule has 3 rings (SSSR count). The van der Waals surface area contributed by atoms with Crippen molar-refractivity contribution in [1.29, 1.82) is 0 Å². The van der Waals surface area contributed by atoms with Crippen LogP contribution in [0.3, 0.4) is 0 Å². The van der Waals surface area contributed by atoms with Crippen molar-refractivity contribution in [1.82, 2.24) is 4.98 Å². The van der Waals surface area contributed by atoms with Crippen LogP contribution in [-0.2, 0) is 5.41 Å². The summed E-state index contributed by atoms with van der Waals surface area (Å²) >= 11 is 5.29. The van der Waals surface area contributed by atoms with Crippen molar-refractivity contribution in [3.05, 3.63) is 39.3 Å². The van der Waals surface area contributed by atoms with Crippen molar-refractivity contribution in [3.8, 4) is 10.6 Å². The summed E-state index contributed by atoms with van der Waals surface area (Å²) in [4.78, 5) is 6.16. The summed E-state index contributed by atoms with van der Waals surface area (Å²) in [6, 6.07) is 8.35. The fourth-order valence-electron chi connectivity index (χ4n) is 2.73. The Morgan fingerprint density at radius 1 is 1.32 bits per heavy atom. The number of halogens is 1. The summed E-state index contributed by atoms with van der Waals surface area (Å²) in [5.41, 5.74) is 8.58. The molecule has 1 aliphatic rings. The lowest BCUT2D eigenvalue weighted by atomic mass is 9.67. The van der Waals surface area contributed by atoms with Crippen LogP contribution in [0.4, 0.5) is 0 Å². The van der Waals surface area contributed by atoms with Gasteiger partial charge in [0, 0.05) is 26.9 Å². The van der Waals surface area contributed by atoms with Gasteiger partial charge in [-0.05, 0) is 31.9 Å². The van der Waals surface area contributed by atoms with Gasteiger partial charge in [0.05, 0.1) is 5.69 Å². The third-order valence-electron chi connectivity index (χ3n) is 4.07. The van der Waals surface area contributed by atoms with Crippen LogP contribution in [0.5, 0.6) is 0 Å². The maximum Gasteiger partial charge on any atom is 0.123 e. The molecule has 0 bridgehead atoms. The molecule has 19 heavy (non-hydrogen) atoms. The van der Waals surface area contributed by atoms with Crippen molar-refractivity contribution >= 4 is 27.3 Å². The summed E-state index contributed by atoms with van der Waals surface area (Å²) < 4.78 is 1.10. The second-order valence-electron chi connectivity index (χ2n) is 5.28. The van der Waals surface area contributed by atoms with Crippen LogP contribution in [0.1, 0.15) is 29.8 Å². The molecule has 0 atom stereocenters. The average Bonchev–Trinajstić information content (AvgIpc) is 2.73. The van der Waals surface area contributed by atoms with Crippen molar-refractivity contribution < 1.29 is 0 Å². The van der Waals surface area contributed by atoms with E-state index in [9.17, 15) is 0 Å². The molecule has 0 amide bonds. The smallest absolute Gasteiger partial charge is 0.123 e. The quantitative estimate of drug-likeness (QED) is 0.909. The van der Waals surface area contributed by atoms with Gasteiger partial charge < -0.3 is 5.73 Å². The van der Waals surface area contributed by atoms with E-state index in [2.05, 4.69) is 47.1 Å². The minimum atomic E-state index is 0.218. The molecule has 4 heteroatoms. The first-order valence-electron chi connectivity index (χ1n) is 6.58. The predicted octanol–water partition coefficient (Wildman–Crippen LogP) is 4.26. The van der Waals surface area contributed by atoms with Crippen molar-refractivity contribution in [3.63, 3.8) is 0 Å². The third kappa shape index (κ3) is 2.26. The van der Waals surface area contributed by atoms with E-state index < -0.39 is 0 Å². The molecule has 0 aliphatic heterocycles. The van der Waals surface area contributed by atoms with E-state index in [1.165, 1.54) is 29.7 Å². The third-order valence-corrected chi connectivity index (χ3v) is 6.05. The van der Waals surface area contributed by atoms with E-state index in [4.69, 9.17) is 10.7 Å². The molecule has 1 aromatic heterocycles. The molecule has 100 valence electrons. The molecule has 2 nitrogen and oxygen atoms in total. The fraction of sp³-hybridized carbons (Fsp3) is 0.400. The molecule has 1 saturated carbocycles. The van der Waals surface area contributed by atoms with Crippen LogP contribution in [0.15, 0.2) is 28.7 Å². The SMILES string of the molecule is Cc1nc(-c2ccc(Br)cc2)sc1C1(CN)CCC1. The summed E-state index contributed by atoms with van der Waals surface area (Å²) in [7, 11) is 0. The zero-order chi connectivity index (χ0) is 13.5. The lowest BCUT2D eigenvalue weighted by molar-refractivity contribution is 0.257. The average molecular weight is 337 g/mol. The molecule has 2 aromatic rings. The second-order valence-corrected chi connectivity index (χ2v) is 7.19. The molecule has 1 aromatic carbocycles. The van der Waals surface area contributed by atoms with Gasteiger partial charge in [0.25, 0.3) is 0 Å². The molecular weight excluding hydrogens is 320 g/mol. The minimum Gasteiger partial charge on any atom is -0.330 e. The molecule has 0 radical (unpaired) electrons. The topological polar surface area (TPSA) is 38.9 Å². The Kier molecular flexibility index (Phi) is 3.50. The standard InChI is InChI=1S/C15H17BrN2S/c1-10-13(15(9-17)7-2-8-15)19-14(18-10)11-3-5-12(16)6-4-11/h3-6H,2,7-9,17H2,1H3. The van der Waals surface area contributed by atoms with Gasteiger partial charge in [0.1, 0.15) is 5.01 Å². The van der Waals surface area contributed by atoms with Gasteiger partial charge in [-0.1, -0.05) is 34.5 Å². The van der Waals surface area contributed by atoms with Crippen molar-refractivity contribution in [2.75, 3.05) is 6.54 Å². The van der Waals surface area contributed by atoms with Gasteiger partial charge >= 0.3 is 0 Å². The Bertz CT molecular complexity index is 579. The highest BCUT2D eigenvalue weighted by molar-refractivity contribution is 9.10. The van der Waals surface area contributed by atoms with Crippen LogP contribution in [0.2, 0.25) is 0 Å². The summed E-state index contributed by atoms with van der Waals surface area (Å²) in [6.45, 7) is 2.86. The fourth-order valence-corrected chi connectivity index (χ4v) is 4.32. The maximum absolute atomic E-state index is 6.01. The minimum absolute atomic E-state index is 0.218. The number of benzene rings is 1. The summed E-state index contributed by atoms with van der Waals surface area (Å²) in [6.07, 6.45) is 3.72. The Morgan fingerprint density at radius 3 is 2.53 bits per heavy atom. The van der Waals surface area contributed by atoms with Crippen LogP contribution >= 0.6 is 27.3 Å². The first-order valence-corrected chi connectivity index (χ1v) is 8.19. The van der Waals surface area contributed by atoms with Crippen LogP contribution < -0.4 is 5.73 Å². The molecule has 1 aliphatic carbocycles. The Hall–Kier alpha value is -0.710. The van der Waals surface area contributed by atoms with Crippen LogP contribution in [0, 0.1) is 6.92 Å². The Labute approximate surface area is 126 Å². The highest BCUT2D eigenvalue weighted by atomic mass is 79.9. The number of rotatable bonds is 3. The van der Waals surface area contributed by atoms with Crippen molar-refractivity contribution in [2.24, 2.45) is 5.73 Å². The molecule has 0 spiro atoms. The normalized spacial score (nSPS) is 17.2. The van der Waals surface area contributed by atoms with Crippen LogP contribution in [0.25, 0.3) is 10.6 Å². The monoisotopic (exact) mass is 336 g/mol. The van der Waals surface area contributed by atoms with E-state index in [0.29, 0.717) is 0 Å². The van der Waals surface area contributed by atoms with Crippen molar-refractivity contribution in [2.45, 2.75) is 31.6 Å². The van der Waals surface area contributed by atoms with Gasteiger partial charge in [0.2, 0.25) is 0 Å². The van der Waals surface area contributed by atoms with E-state index in [0.717, 1.165) is 21.7 Å². The molecule has 2 N–H and O–H groups in total. The zero-order valence-electron chi connectivity index (χ0n) is 10.9. The number of hydrogen-bond donors (Lipinski definition) is 1. The number of hydrogen-bond acceptors (Lipinski definition) is 3. The van der Waals surface area contributed by atoms with Gasteiger partial charge in [-0.15, -0.1) is 11.3 Å². The highest BCUT2D eigenvalue weighted by Gasteiger charge is 2.40. The number of thiazole rings is 1. The van der Waals surface area contributed by atoms with Crippen LogP contribution in [-0.4, -0.2) is 11.5 Å². The number of aryl methyl sites for hydroxylation is 1. The van der Waals surface area contributed by atoms with E-state index >= 15 is 0 Å². The number of aromatic nitrogens is 1. The predicted molar refractivity (Wildman–Crippen MR) is 84.6 cm³/mol. The molecule has 1 heterocycles. The molecule has 1 fully saturated rings. The summed E-state index contributed by atoms with van der Waals surface area (Å²) in [5.74, 6) is 0. The van der Waals surface area contributed by atoms with Gasteiger partial charge in [-0.25, -0.2) is 4.98 Å². The zero-order valence-corrected chi connectivity index (χ0v) is 13.4. The van der Waals surface area contributed by atoms with Gasteiger partial charge in [-0.2, -0.15) is 0 Å². The second kappa shape index (κ2) is 5.00. The largest absolute Gasteiger partial charge is 0.330 e. The van der Waals surface area contributed by atoms with Gasteiger partial charge in [-0.3, -0.25) is 0 Å². The lowest BCUT2D eigenvalue weighted by Gasteiger charge is -2.40. The maximum atomic E-state index is 6.01. The summed E-state index contributed by atoms with van der Waals surface area (Å²) in [5, 5.41) is 1.11. The highest BCUT2D eigenvalue weighted by Crippen LogP contribution is 2.47. The molecule has 0 unspecified atom stereocenters. The first-order chi connectivity index (χ1) is 9.14. The van der Waals surface area contributed by atoms with E-state index in [-0.39, 0.29) is 5.41 Å². The van der Waals surface area contributed by atoms with E-state index in [1.54, 1.807) is 0 Å². The van der Waals surface area contributed by atoms with Gasteiger partial charge in [0.15, 0.2) is 0 Å². The Balaban J connectivity index is 1.99. The lowest BCUT2D eigenvalue weighted by Crippen LogP contribution is -2.41.